The molecule has 0 bridgehead atoms. The molecule has 0 saturated heterocycles. The summed E-state index contributed by atoms with van der Waals surface area (Å²) in [5, 5.41) is 1.61. The molecule has 0 aliphatic rings. The van der Waals surface area contributed by atoms with Crippen LogP contribution in [0.4, 0.5) is 4.39 Å². The van der Waals surface area contributed by atoms with Gasteiger partial charge in [-0.05, 0) is 60.9 Å². The predicted octanol–water partition coefficient (Wildman–Crippen LogP) is 4.33. The third-order valence-electron chi connectivity index (χ3n) is 3.84. The highest BCUT2D eigenvalue weighted by Crippen LogP contribution is 2.28. The van der Waals surface area contributed by atoms with E-state index in [0.717, 1.165) is 28.4 Å². The average Bonchev–Trinajstić information content (AvgIpc) is 2.89. The van der Waals surface area contributed by atoms with Crippen LogP contribution >= 0.6 is 11.6 Å². The van der Waals surface area contributed by atoms with Crippen molar-refractivity contribution >= 4 is 32.6 Å². The van der Waals surface area contributed by atoms with Gasteiger partial charge in [-0.2, -0.15) is 8.42 Å². The molecule has 3 aromatic rings. The van der Waals surface area contributed by atoms with E-state index in [9.17, 15) is 12.8 Å². The lowest BCUT2D eigenvalue weighted by Gasteiger charge is -2.05. The van der Waals surface area contributed by atoms with E-state index >= 15 is 0 Å². The van der Waals surface area contributed by atoms with Gasteiger partial charge in [0.2, 0.25) is 0 Å². The van der Waals surface area contributed by atoms with E-state index in [1.807, 2.05) is 22.9 Å². The summed E-state index contributed by atoms with van der Waals surface area (Å²) in [6.07, 6.45) is 4.20. The van der Waals surface area contributed by atoms with Gasteiger partial charge in [0.1, 0.15) is 5.82 Å². The van der Waals surface area contributed by atoms with Gasteiger partial charge in [0.05, 0.1) is 18.4 Å². The van der Waals surface area contributed by atoms with Gasteiger partial charge in [-0.3, -0.25) is 4.18 Å². The molecule has 0 saturated carbocycles. The summed E-state index contributed by atoms with van der Waals surface area (Å²) in [6, 6.07) is 11.8. The summed E-state index contributed by atoms with van der Waals surface area (Å²) in [4.78, 5) is 0. The first-order valence-corrected chi connectivity index (χ1v) is 9.93. The fraction of sp³-hybridized carbons (Fsp3) is 0.222. The molecule has 2 aromatic carbocycles. The number of benzene rings is 2. The van der Waals surface area contributed by atoms with E-state index in [1.54, 1.807) is 18.2 Å². The second-order valence-electron chi connectivity index (χ2n) is 5.79. The minimum absolute atomic E-state index is 0.128. The van der Waals surface area contributed by atoms with Crippen molar-refractivity contribution in [3.05, 3.63) is 65.1 Å². The van der Waals surface area contributed by atoms with Crippen LogP contribution in [-0.4, -0.2) is 25.8 Å². The molecule has 0 unspecified atom stereocenters. The number of aryl methyl sites for hydroxylation is 1. The molecule has 0 atom stereocenters. The molecular formula is C18H17ClFNO3S. The molecular weight excluding hydrogens is 365 g/mol. The lowest BCUT2D eigenvalue weighted by atomic mass is 10.1. The van der Waals surface area contributed by atoms with Crippen LogP contribution in [-0.2, 0) is 20.7 Å². The Morgan fingerprint density at radius 3 is 2.56 bits per heavy atom. The normalized spacial score (nSPS) is 12.0. The molecule has 0 spiro atoms. The number of halogens is 2. The molecule has 3 rings (SSSR count). The summed E-state index contributed by atoms with van der Waals surface area (Å²) in [7, 11) is -3.43. The summed E-state index contributed by atoms with van der Waals surface area (Å²) in [6.45, 7) is 0.128. The van der Waals surface area contributed by atoms with Crippen molar-refractivity contribution in [2.75, 3.05) is 12.9 Å². The predicted molar refractivity (Wildman–Crippen MR) is 97.4 cm³/mol. The second kappa shape index (κ2) is 7.15. The first-order chi connectivity index (χ1) is 11.8. The first kappa shape index (κ1) is 17.9. The SMILES string of the molecule is CS(=O)(=O)OCCCc1cn(-c2ccc(F)cc2)c2ccc(Cl)cc12. The molecule has 4 nitrogen and oxygen atoms in total. The molecule has 7 heteroatoms. The van der Waals surface area contributed by atoms with Crippen LogP contribution < -0.4 is 0 Å². The van der Waals surface area contributed by atoms with Gasteiger partial charge >= 0.3 is 0 Å². The second-order valence-corrected chi connectivity index (χ2v) is 7.87. The van der Waals surface area contributed by atoms with Crippen molar-refractivity contribution in [3.8, 4) is 5.69 Å². The van der Waals surface area contributed by atoms with Gasteiger partial charge in [0.15, 0.2) is 0 Å². The maximum Gasteiger partial charge on any atom is 0.264 e. The minimum atomic E-state index is -3.43. The Morgan fingerprint density at radius 1 is 1.16 bits per heavy atom. The van der Waals surface area contributed by atoms with E-state index < -0.39 is 10.1 Å². The number of nitrogens with zero attached hydrogens (tertiary/aromatic N) is 1. The van der Waals surface area contributed by atoms with Crippen molar-refractivity contribution in [1.82, 2.24) is 4.57 Å². The van der Waals surface area contributed by atoms with Crippen LogP contribution in [0.3, 0.4) is 0 Å². The molecule has 1 aromatic heterocycles. The van der Waals surface area contributed by atoms with Crippen LogP contribution in [0.2, 0.25) is 5.02 Å². The van der Waals surface area contributed by atoms with E-state index in [0.29, 0.717) is 17.9 Å². The van der Waals surface area contributed by atoms with E-state index in [2.05, 4.69) is 0 Å². The smallest absolute Gasteiger partial charge is 0.264 e. The van der Waals surface area contributed by atoms with Gasteiger partial charge in [-0.15, -0.1) is 0 Å². The molecule has 0 amide bonds. The van der Waals surface area contributed by atoms with E-state index in [-0.39, 0.29) is 12.4 Å². The molecule has 1 heterocycles. The summed E-state index contributed by atoms with van der Waals surface area (Å²) >= 11 is 6.13. The zero-order valence-electron chi connectivity index (χ0n) is 13.6. The molecule has 0 radical (unpaired) electrons. The Morgan fingerprint density at radius 2 is 1.88 bits per heavy atom. The van der Waals surface area contributed by atoms with Gasteiger partial charge in [-0.25, -0.2) is 4.39 Å². The van der Waals surface area contributed by atoms with Gasteiger partial charge < -0.3 is 4.57 Å². The van der Waals surface area contributed by atoms with Crippen molar-refractivity contribution < 1.29 is 17.0 Å². The van der Waals surface area contributed by atoms with Crippen LogP contribution in [0, 0.1) is 5.82 Å². The van der Waals surface area contributed by atoms with Crippen LogP contribution in [0.25, 0.3) is 16.6 Å². The van der Waals surface area contributed by atoms with Crippen molar-refractivity contribution in [1.29, 1.82) is 0 Å². The fourth-order valence-electron chi connectivity index (χ4n) is 2.76. The van der Waals surface area contributed by atoms with E-state index in [4.69, 9.17) is 15.8 Å². The van der Waals surface area contributed by atoms with Crippen LogP contribution in [0.5, 0.6) is 0 Å². The summed E-state index contributed by atoms with van der Waals surface area (Å²) in [5.41, 5.74) is 2.82. The zero-order chi connectivity index (χ0) is 18.0. The third kappa shape index (κ3) is 4.39. The zero-order valence-corrected chi connectivity index (χ0v) is 15.1. The molecule has 0 aliphatic carbocycles. The van der Waals surface area contributed by atoms with Gasteiger partial charge in [0.25, 0.3) is 10.1 Å². The number of hydrogen-bond donors (Lipinski definition) is 0. The summed E-state index contributed by atoms with van der Waals surface area (Å²) < 4.78 is 42.0. The number of hydrogen-bond acceptors (Lipinski definition) is 3. The third-order valence-corrected chi connectivity index (χ3v) is 4.67. The summed E-state index contributed by atoms with van der Waals surface area (Å²) in [5.74, 6) is -0.290. The topological polar surface area (TPSA) is 48.3 Å². The Labute approximate surface area is 150 Å². The lowest BCUT2D eigenvalue weighted by Crippen LogP contribution is -2.04. The van der Waals surface area contributed by atoms with E-state index in [1.165, 1.54) is 12.1 Å². The molecule has 0 fully saturated rings. The maximum atomic E-state index is 13.2. The number of fused-ring (bicyclic) bond motifs is 1. The van der Waals surface area contributed by atoms with Gasteiger partial charge in [0, 0.05) is 22.3 Å². The highest BCUT2D eigenvalue weighted by atomic mass is 35.5. The molecule has 0 aliphatic heterocycles. The highest BCUT2D eigenvalue weighted by Gasteiger charge is 2.11. The lowest BCUT2D eigenvalue weighted by molar-refractivity contribution is 0.316. The van der Waals surface area contributed by atoms with Crippen molar-refractivity contribution in [2.45, 2.75) is 12.8 Å². The van der Waals surface area contributed by atoms with Crippen LogP contribution in [0.1, 0.15) is 12.0 Å². The Hall–Kier alpha value is -1.89. The Bertz CT molecular complexity index is 997. The molecule has 132 valence electrons. The molecule has 25 heavy (non-hydrogen) atoms. The highest BCUT2D eigenvalue weighted by molar-refractivity contribution is 7.85. The standard InChI is InChI=1S/C18H17ClFNO3S/c1-25(22,23)24-10-2-3-13-12-21(16-7-5-15(20)6-8-16)18-9-4-14(19)11-17(13)18/h4-9,11-12H,2-3,10H2,1H3. The Balaban J connectivity index is 1.92. The van der Waals surface area contributed by atoms with Crippen LogP contribution in [0.15, 0.2) is 48.7 Å². The first-order valence-electron chi connectivity index (χ1n) is 7.73. The quantitative estimate of drug-likeness (QED) is 0.471. The van der Waals surface area contributed by atoms with Crippen molar-refractivity contribution in [2.24, 2.45) is 0 Å². The maximum absolute atomic E-state index is 13.2. The monoisotopic (exact) mass is 381 g/mol. The Kier molecular flexibility index (Phi) is 5.13. The molecule has 0 N–H and O–H groups in total. The van der Waals surface area contributed by atoms with Gasteiger partial charge in [-0.1, -0.05) is 11.6 Å². The largest absolute Gasteiger partial charge is 0.316 e. The fourth-order valence-corrected chi connectivity index (χ4v) is 3.35. The average molecular weight is 382 g/mol. The number of aromatic nitrogens is 1. The number of rotatable bonds is 6. The van der Waals surface area contributed by atoms with Crippen molar-refractivity contribution in [3.63, 3.8) is 0 Å². The minimum Gasteiger partial charge on any atom is -0.316 e.